The van der Waals surface area contributed by atoms with E-state index >= 15 is 0 Å². The Morgan fingerprint density at radius 2 is 1.88 bits per heavy atom. The van der Waals surface area contributed by atoms with Gasteiger partial charge in [0.15, 0.2) is 5.96 Å². The second kappa shape index (κ2) is 10.4. The van der Waals surface area contributed by atoms with Crippen molar-refractivity contribution in [3.63, 3.8) is 0 Å². The number of fused-ring (bicyclic) bond motifs is 1. The minimum Gasteiger partial charge on any atom is -0.493 e. The maximum Gasteiger partial charge on any atom is 0.190 e. The molecule has 26 heavy (non-hydrogen) atoms. The van der Waals surface area contributed by atoms with E-state index in [1.165, 1.54) is 17.2 Å². The molecule has 0 aliphatic carbocycles. The molecule has 0 aromatic heterocycles. The molecular weight excluding hydrogens is 444 g/mol. The van der Waals surface area contributed by atoms with Gasteiger partial charge in [-0.25, -0.2) is 4.39 Å². The third-order valence-corrected chi connectivity index (χ3v) is 4.33. The first-order chi connectivity index (χ1) is 12.3. The van der Waals surface area contributed by atoms with Crippen molar-refractivity contribution in [2.75, 3.05) is 26.7 Å². The van der Waals surface area contributed by atoms with Crippen molar-refractivity contribution in [1.82, 2.24) is 10.6 Å². The fourth-order valence-electron chi connectivity index (χ4n) is 2.96. The van der Waals surface area contributed by atoms with E-state index in [9.17, 15) is 4.39 Å². The zero-order chi connectivity index (χ0) is 17.5. The molecule has 2 N–H and O–H groups in total. The van der Waals surface area contributed by atoms with Crippen LogP contribution in [0.15, 0.2) is 47.5 Å². The fourth-order valence-corrected chi connectivity index (χ4v) is 2.96. The molecule has 0 amide bonds. The highest BCUT2D eigenvalue weighted by Gasteiger charge is 2.11. The lowest BCUT2D eigenvalue weighted by Crippen LogP contribution is -2.39. The van der Waals surface area contributed by atoms with Crippen molar-refractivity contribution >= 4 is 29.9 Å². The van der Waals surface area contributed by atoms with Crippen molar-refractivity contribution in [3.05, 3.63) is 65.0 Å². The SMILES string of the molecule is CN=C(NCCc1ccc2c(c1)CCO2)NCCc1ccccc1F.I. The molecular formula is C20H25FIN3O. The molecule has 0 radical (unpaired) electrons. The lowest BCUT2D eigenvalue weighted by molar-refractivity contribution is 0.357. The minimum atomic E-state index is -0.159. The van der Waals surface area contributed by atoms with Crippen LogP contribution in [-0.2, 0) is 19.3 Å². The van der Waals surface area contributed by atoms with Crippen LogP contribution in [0, 0.1) is 5.82 Å². The number of aliphatic imine (C=N–C) groups is 1. The van der Waals surface area contributed by atoms with E-state index < -0.39 is 0 Å². The highest BCUT2D eigenvalue weighted by molar-refractivity contribution is 14.0. The number of nitrogens with one attached hydrogen (secondary N) is 2. The number of nitrogens with zero attached hydrogens (tertiary/aromatic N) is 1. The summed E-state index contributed by atoms with van der Waals surface area (Å²) in [6.07, 6.45) is 2.54. The Labute approximate surface area is 171 Å². The molecule has 2 aromatic carbocycles. The Morgan fingerprint density at radius 3 is 2.65 bits per heavy atom. The van der Waals surface area contributed by atoms with Gasteiger partial charge in [-0.05, 0) is 41.7 Å². The van der Waals surface area contributed by atoms with Crippen molar-refractivity contribution in [3.8, 4) is 5.75 Å². The molecule has 0 bridgehead atoms. The molecule has 1 aliphatic heterocycles. The van der Waals surface area contributed by atoms with Gasteiger partial charge in [-0.2, -0.15) is 0 Å². The Bertz CT molecular complexity index is 752. The normalized spacial score (nSPS) is 12.8. The molecule has 0 unspecified atom stereocenters. The molecule has 0 atom stereocenters. The van der Waals surface area contributed by atoms with Gasteiger partial charge in [-0.1, -0.05) is 30.3 Å². The van der Waals surface area contributed by atoms with E-state index in [1.54, 1.807) is 13.1 Å². The summed E-state index contributed by atoms with van der Waals surface area (Å²) in [6, 6.07) is 13.2. The van der Waals surface area contributed by atoms with Crippen LogP contribution in [0.1, 0.15) is 16.7 Å². The molecule has 0 saturated heterocycles. The molecule has 0 fully saturated rings. The number of guanidine groups is 1. The van der Waals surface area contributed by atoms with Crippen molar-refractivity contribution in [2.45, 2.75) is 19.3 Å². The van der Waals surface area contributed by atoms with Gasteiger partial charge in [0.05, 0.1) is 6.61 Å². The summed E-state index contributed by atoms with van der Waals surface area (Å²) in [5, 5.41) is 6.53. The second-order valence-electron chi connectivity index (χ2n) is 6.06. The number of hydrogen-bond donors (Lipinski definition) is 2. The van der Waals surface area contributed by atoms with Gasteiger partial charge < -0.3 is 15.4 Å². The van der Waals surface area contributed by atoms with E-state index in [0.29, 0.717) is 18.5 Å². The average molecular weight is 469 g/mol. The molecule has 1 heterocycles. The van der Waals surface area contributed by atoms with Gasteiger partial charge in [0.25, 0.3) is 0 Å². The number of halogens is 2. The maximum atomic E-state index is 13.6. The van der Waals surface area contributed by atoms with E-state index in [0.717, 1.165) is 37.7 Å². The van der Waals surface area contributed by atoms with Crippen LogP contribution in [0.2, 0.25) is 0 Å². The summed E-state index contributed by atoms with van der Waals surface area (Å²) in [5.74, 6) is 1.59. The summed E-state index contributed by atoms with van der Waals surface area (Å²) >= 11 is 0. The quantitative estimate of drug-likeness (QED) is 0.388. The highest BCUT2D eigenvalue weighted by atomic mass is 127. The topological polar surface area (TPSA) is 45.7 Å². The van der Waals surface area contributed by atoms with E-state index in [4.69, 9.17) is 4.74 Å². The van der Waals surface area contributed by atoms with E-state index in [2.05, 4.69) is 33.8 Å². The number of ether oxygens (including phenoxy) is 1. The molecule has 1 aliphatic rings. The summed E-state index contributed by atoms with van der Waals surface area (Å²) in [5.41, 5.74) is 3.30. The predicted molar refractivity (Wildman–Crippen MR) is 114 cm³/mol. The Kier molecular flexibility index (Phi) is 8.15. The third-order valence-electron chi connectivity index (χ3n) is 4.33. The zero-order valence-electron chi connectivity index (χ0n) is 14.9. The largest absolute Gasteiger partial charge is 0.493 e. The lowest BCUT2D eigenvalue weighted by atomic mass is 10.1. The van der Waals surface area contributed by atoms with Crippen LogP contribution in [0.25, 0.3) is 0 Å². The van der Waals surface area contributed by atoms with Crippen LogP contribution in [0.5, 0.6) is 5.75 Å². The predicted octanol–water partition coefficient (Wildman–Crippen LogP) is 3.33. The first-order valence-corrected chi connectivity index (χ1v) is 8.69. The van der Waals surface area contributed by atoms with Gasteiger partial charge in [0, 0.05) is 26.6 Å². The zero-order valence-corrected chi connectivity index (χ0v) is 17.3. The minimum absolute atomic E-state index is 0. The molecule has 4 nitrogen and oxygen atoms in total. The summed E-state index contributed by atoms with van der Waals surface area (Å²) in [6.45, 7) is 2.21. The van der Waals surface area contributed by atoms with Gasteiger partial charge >= 0.3 is 0 Å². The molecule has 0 spiro atoms. The summed E-state index contributed by atoms with van der Waals surface area (Å²) in [4.78, 5) is 4.21. The molecule has 3 rings (SSSR count). The molecule has 0 saturated carbocycles. The Balaban J connectivity index is 0.00000243. The van der Waals surface area contributed by atoms with Crippen molar-refractivity contribution in [1.29, 1.82) is 0 Å². The van der Waals surface area contributed by atoms with Crippen LogP contribution >= 0.6 is 24.0 Å². The van der Waals surface area contributed by atoms with Crippen LogP contribution < -0.4 is 15.4 Å². The first kappa shape index (κ1) is 20.5. The maximum absolute atomic E-state index is 13.6. The molecule has 6 heteroatoms. The van der Waals surface area contributed by atoms with Crippen LogP contribution in [0.4, 0.5) is 4.39 Å². The van der Waals surface area contributed by atoms with Crippen molar-refractivity contribution in [2.24, 2.45) is 4.99 Å². The van der Waals surface area contributed by atoms with Crippen LogP contribution in [-0.4, -0.2) is 32.7 Å². The Hall–Kier alpha value is -1.83. The van der Waals surface area contributed by atoms with Crippen LogP contribution in [0.3, 0.4) is 0 Å². The van der Waals surface area contributed by atoms with Gasteiger partial charge in [-0.3, -0.25) is 4.99 Å². The number of benzene rings is 2. The molecule has 2 aromatic rings. The summed E-state index contributed by atoms with van der Waals surface area (Å²) < 4.78 is 19.1. The van der Waals surface area contributed by atoms with Gasteiger partial charge in [0.2, 0.25) is 0 Å². The smallest absolute Gasteiger partial charge is 0.190 e. The lowest BCUT2D eigenvalue weighted by Gasteiger charge is -2.12. The highest BCUT2D eigenvalue weighted by Crippen LogP contribution is 2.25. The van der Waals surface area contributed by atoms with E-state index in [-0.39, 0.29) is 29.8 Å². The van der Waals surface area contributed by atoms with Gasteiger partial charge in [-0.15, -0.1) is 24.0 Å². The van der Waals surface area contributed by atoms with Gasteiger partial charge in [0.1, 0.15) is 11.6 Å². The Morgan fingerprint density at radius 1 is 1.12 bits per heavy atom. The summed E-state index contributed by atoms with van der Waals surface area (Å²) in [7, 11) is 1.74. The first-order valence-electron chi connectivity index (χ1n) is 8.69. The fraction of sp³-hybridized carbons (Fsp3) is 0.350. The van der Waals surface area contributed by atoms with E-state index in [1.807, 2.05) is 12.1 Å². The standard InChI is InChI=1S/C20H24FN3O.HI/c1-22-20(24-12-9-16-4-2-3-5-18(16)21)23-11-8-15-6-7-19-17(14-15)10-13-25-19;/h2-7,14H,8-13H2,1H3,(H2,22,23,24);1H. The second-order valence-corrected chi connectivity index (χ2v) is 6.06. The molecule has 140 valence electrons. The monoisotopic (exact) mass is 469 g/mol. The number of hydrogen-bond acceptors (Lipinski definition) is 2. The third kappa shape index (κ3) is 5.59. The average Bonchev–Trinajstić information content (AvgIpc) is 3.09. The number of rotatable bonds is 6. The van der Waals surface area contributed by atoms with Crippen molar-refractivity contribution < 1.29 is 9.13 Å².